The molecule has 1 fully saturated rings. The van der Waals surface area contributed by atoms with Crippen molar-refractivity contribution in [2.45, 2.75) is 38.6 Å². The molecule has 0 bridgehead atoms. The second-order valence-electron chi connectivity index (χ2n) is 5.81. The molecule has 0 amide bonds. The smallest absolute Gasteiger partial charge is 0.279 e. The van der Waals surface area contributed by atoms with Crippen LogP contribution in [0.4, 0.5) is 0 Å². The van der Waals surface area contributed by atoms with Crippen LogP contribution in [0.15, 0.2) is 23.5 Å². The van der Waals surface area contributed by atoms with E-state index in [-0.39, 0.29) is 11.5 Å². The fraction of sp³-hybridized carbons (Fsp3) is 0.429. The van der Waals surface area contributed by atoms with Crippen molar-refractivity contribution in [1.29, 1.82) is 0 Å². The number of aromatic nitrogens is 6. The lowest BCUT2D eigenvalue weighted by atomic mass is 10.0. The van der Waals surface area contributed by atoms with Gasteiger partial charge in [0.05, 0.1) is 17.9 Å². The van der Waals surface area contributed by atoms with Crippen molar-refractivity contribution < 1.29 is 0 Å². The lowest BCUT2D eigenvalue weighted by Gasteiger charge is -2.10. The summed E-state index contributed by atoms with van der Waals surface area (Å²) in [7, 11) is 0. The highest BCUT2D eigenvalue weighted by atomic mass is 16.1. The molecule has 0 spiro atoms. The van der Waals surface area contributed by atoms with Gasteiger partial charge in [-0.15, -0.1) is 0 Å². The second kappa shape index (κ2) is 4.28. The number of H-pyrrole nitrogens is 1. The summed E-state index contributed by atoms with van der Waals surface area (Å²) in [6, 6.07) is 0.518. The first kappa shape index (κ1) is 12.3. The van der Waals surface area contributed by atoms with Crippen LogP contribution in [0, 0.1) is 0 Å². The number of aromatic amines is 1. The zero-order chi connectivity index (χ0) is 14.6. The van der Waals surface area contributed by atoms with Gasteiger partial charge in [-0.3, -0.25) is 9.48 Å². The molecule has 7 heteroatoms. The van der Waals surface area contributed by atoms with Crippen molar-refractivity contribution in [2.75, 3.05) is 0 Å². The quantitative estimate of drug-likeness (QED) is 0.794. The fourth-order valence-electron chi connectivity index (χ4n) is 2.64. The summed E-state index contributed by atoms with van der Waals surface area (Å²) >= 11 is 0. The Morgan fingerprint density at radius 2 is 2.14 bits per heavy atom. The van der Waals surface area contributed by atoms with Crippen LogP contribution >= 0.6 is 0 Å². The van der Waals surface area contributed by atoms with Crippen molar-refractivity contribution in [2.24, 2.45) is 0 Å². The summed E-state index contributed by atoms with van der Waals surface area (Å²) in [5.41, 5.74) is 2.31. The average Bonchev–Trinajstić information content (AvgIpc) is 3.01. The zero-order valence-corrected chi connectivity index (χ0v) is 11.9. The minimum absolute atomic E-state index is 0.0848. The van der Waals surface area contributed by atoms with Gasteiger partial charge in [0, 0.05) is 17.3 Å². The molecule has 3 heterocycles. The summed E-state index contributed by atoms with van der Waals surface area (Å²) in [5, 5.41) is 8.38. The normalized spacial score (nSPS) is 15.2. The molecule has 3 aromatic heterocycles. The standard InChI is InChI=1S/C14H16N6O/c1-8(2)11-12(9-5-16-19(6-9)10-3-4-10)18-14-15-7-17-20(14)13(11)21/h5-8,10H,3-4H2,1-2H3,(H,15,17,18). The summed E-state index contributed by atoms with van der Waals surface area (Å²) in [4.78, 5) is 19.9. The summed E-state index contributed by atoms with van der Waals surface area (Å²) in [5.74, 6) is 0.542. The van der Waals surface area contributed by atoms with Crippen LogP contribution in [0.3, 0.4) is 0 Å². The van der Waals surface area contributed by atoms with E-state index in [1.807, 2.05) is 30.9 Å². The van der Waals surface area contributed by atoms with Crippen LogP contribution < -0.4 is 5.56 Å². The zero-order valence-electron chi connectivity index (χ0n) is 11.9. The molecule has 0 aliphatic heterocycles. The monoisotopic (exact) mass is 284 g/mol. The number of hydrogen-bond donors (Lipinski definition) is 1. The van der Waals surface area contributed by atoms with Crippen molar-refractivity contribution >= 4 is 5.78 Å². The molecule has 0 unspecified atom stereocenters. The van der Waals surface area contributed by atoms with Crippen LogP contribution in [-0.4, -0.2) is 29.4 Å². The molecular weight excluding hydrogens is 268 g/mol. The Hall–Kier alpha value is -2.44. The van der Waals surface area contributed by atoms with Crippen LogP contribution in [-0.2, 0) is 0 Å². The molecule has 1 saturated carbocycles. The van der Waals surface area contributed by atoms with Crippen molar-refractivity contribution in [3.05, 3.63) is 34.6 Å². The van der Waals surface area contributed by atoms with E-state index in [1.54, 1.807) is 0 Å². The van der Waals surface area contributed by atoms with Gasteiger partial charge >= 0.3 is 0 Å². The largest absolute Gasteiger partial charge is 0.323 e. The van der Waals surface area contributed by atoms with Crippen molar-refractivity contribution in [3.63, 3.8) is 0 Å². The van der Waals surface area contributed by atoms with Gasteiger partial charge in [0.25, 0.3) is 5.56 Å². The van der Waals surface area contributed by atoms with Gasteiger partial charge in [0.15, 0.2) is 0 Å². The second-order valence-corrected chi connectivity index (χ2v) is 5.81. The van der Waals surface area contributed by atoms with Gasteiger partial charge in [-0.05, 0) is 18.8 Å². The third-order valence-corrected chi connectivity index (χ3v) is 3.87. The SMILES string of the molecule is CC(C)c1c(-c2cnn(C3CC3)c2)[nH]c2ncnn2c1=O. The predicted molar refractivity (Wildman–Crippen MR) is 77.2 cm³/mol. The van der Waals surface area contributed by atoms with Gasteiger partial charge < -0.3 is 4.98 Å². The number of nitrogens with one attached hydrogen (secondary N) is 1. The molecular formula is C14H16N6O. The molecule has 108 valence electrons. The van der Waals surface area contributed by atoms with E-state index in [2.05, 4.69) is 20.2 Å². The Morgan fingerprint density at radius 1 is 1.33 bits per heavy atom. The Morgan fingerprint density at radius 3 is 2.86 bits per heavy atom. The molecule has 0 radical (unpaired) electrons. The van der Waals surface area contributed by atoms with Crippen LogP contribution in [0.2, 0.25) is 0 Å². The number of nitrogens with zero attached hydrogens (tertiary/aromatic N) is 5. The van der Waals surface area contributed by atoms with Gasteiger partial charge in [-0.2, -0.15) is 19.7 Å². The van der Waals surface area contributed by atoms with E-state index in [1.165, 1.54) is 23.7 Å². The molecule has 21 heavy (non-hydrogen) atoms. The van der Waals surface area contributed by atoms with Crippen molar-refractivity contribution in [3.8, 4) is 11.3 Å². The molecule has 1 aliphatic carbocycles. The van der Waals surface area contributed by atoms with E-state index in [9.17, 15) is 4.79 Å². The first-order valence-electron chi connectivity index (χ1n) is 7.15. The molecule has 0 atom stereocenters. The Balaban J connectivity index is 1.96. The predicted octanol–water partition coefficient (Wildman–Crippen LogP) is 1.74. The van der Waals surface area contributed by atoms with E-state index >= 15 is 0 Å². The Bertz CT molecular complexity index is 867. The summed E-state index contributed by atoms with van der Waals surface area (Å²) in [6.45, 7) is 4.00. The van der Waals surface area contributed by atoms with Gasteiger partial charge in [-0.1, -0.05) is 13.8 Å². The molecule has 0 aromatic carbocycles. The first-order valence-corrected chi connectivity index (χ1v) is 7.15. The van der Waals surface area contributed by atoms with Gasteiger partial charge in [-0.25, -0.2) is 0 Å². The maximum atomic E-state index is 12.6. The molecule has 4 rings (SSSR count). The Kier molecular flexibility index (Phi) is 2.51. The molecule has 0 saturated heterocycles. The molecule has 7 nitrogen and oxygen atoms in total. The highest BCUT2D eigenvalue weighted by molar-refractivity contribution is 5.63. The fourth-order valence-corrected chi connectivity index (χ4v) is 2.64. The summed E-state index contributed by atoms with van der Waals surface area (Å²) in [6.07, 6.45) is 7.55. The molecule has 1 aliphatic rings. The van der Waals surface area contributed by atoms with Crippen LogP contribution in [0.25, 0.3) is 17.0 Å². The topological polar surface area (TPSA) is 80.9 Å². The van der Waals surface area contributed by atoms with E-state index in [0.29, 0.717) is 17.4 Å². The van der Waals surface area contributed by atoms with E-state index in [0.717, 1.165) is 11.3 Å². The highest BCUT2D eigenvalue weighted by Gasteiger charge is 2.25. The Labute approximate surface area is 120 Å². The number of fused-ring (bicyclic) bond motifs is 1. The minimum Gasteiger partial charge on any atom is -0.323 e. The van der Waals surface area contributed by atoms with Gasteiger partial charge in [0.2, 0.25) is 5.78 Å². The minimum atomic E-state index is -0.120. The highest BCUT2D eigenvalue weighted by Crippen LogP contribution is 2.35. The van der Waals surface area contributed by atoms with E-state index < -0.39 is 0 Å². The van der Waals surface area contributed by atoms with Gasteiger partial charge in [0.1, 0.15) is 6.33 Å². The van der Waals surface area contributed by atoms with Crippen LogP contribution in [0.5, 0.6) is 0 Å². The van der Waals surface area contributed by atoms with E-state index in [4.69, 9.17) is 0 Å². The number of rotatable bonds is 3. The molecule has 1 N–H and O–H groups in total. The summed E-state index contributed by atoms with van der Waals surface area (Å²) < 4.78 is 3.29. The average molecular weight is 284 g/mol. The lowest BCUT2D eigenvalue weighted by molar-refractivity contribution is 0.641. The lowest BCUT2D eigenvalue weighted by Crippen LogP contribution is -2.22. The first-order chi connectivity index (χ1) is 10.1. The maximum Gasteiger partial charge on any atom is 0.279 e. The van der Waals surface area contributed by atoms with Crippen molar-refractivity contribution in [1.82, 2.24) is 29.4 Å². The third kappa shape index (κ3) is 1.88. The third-order valence-electron chi connectivity index (χ3n) is 3.87. The maximum absolute atomic E-state index is 12.6. The number of hydrogen-bond acceptors (Lipinski definition) is 4. The molecule has 3 aromatic rings. The van der Waals surface area contributed by atoms with Crippen LogP contribution in [0.1, 0.15) is 44.2 Å².